The van der Waals surface area contributed by atoms with Crippen molar-refractivity contribution in [1.82, 2.24) is 0 Å². The lowest BCUT2D eigenvalue weighted by Crippen LogP contribution is -3.13. The summed E-state index contributed by atoms with van der Waals surface area (Å²) in [6, 6.07) is 0. The number of esters is 1. The van der Waals surface area contributed by atoms with Crippen LogP contribution >= 0.6 is 22.6 Å². The van der Waals surface area contributed by atoms with Crippen LogP contribution in [0.3, 0.4) is 0 Å². The van der Waals surface area contributed by atoms with Crippen LogP contribution in [0, 0.1) is 0 Å². The molecule has 4 nitrogen and oxygen atoms in total. The smallest absolute Gasteiger partial charge is 0.318 e. The number of piperidine rings is 1. The molecule has 1 rings (SSSR count). The zero-order chi connectivity index (χ0) is 12.5. The van der Waals surface area contributed by atoms with E-state index in [0.717, 1.165) is 13.2 Å². The third-order valence-corrected chi connectivity index (χ3v) is 3.47. The van der Waals surface area contributed by atoms with E-state index < -0.39 is 0 Å². The Kier molecular flexibility index (Phi) is 8.13. The number of rotatable bonds is 7. The van der Waals surface area contributed by atoms with Crippen molar-refractivity contribution < 1.29 is 19.2 Å². The van der Waals surface area contributed by atoms with Gasteiger partial charge in [0.1, 0.15) is 17.1 Å². The van der Waals surface area contributed by atoms with Gasteiger partial charge in [-0.1, -0.05) is 22.6 Å². The molecule has 0 saturated carbocycles. The fraction of sp³-hybridized carbons (Fsp3) is 0.917. The van der Waals surface area contributed by atoms with E-state index in [-0.39, 0.29) is 9.89 Å². The number of likely N-dealkylation sites (tertiary alicyclic amines) is 1. The standard InChI is InChI=1S/C12H22INO3/c1-11(13)12(15)17-10-9-16-8-7-14-5-3-2-4-6-14/h11H,2-10H2,1H3/p+1. The molecule has 5 heteroatoms. The van der Waals surface area contributed by atoms with Gasteiger partial charge in [0.25, 0.3) is 0 Å². The molecule has 1 unspecified atom stereocenters. The van der Waals surface area contributed by atoms with Gasteiger partial charge >= 0.3 is 5.97 Å². The highest BCUT2D eigenvalue weighted by Gasteiger charge is 2.12. The van der Waals surface area contributed by atoms with E-state index in [1.54, 1.807) is 4.90 Å². The second-order valence-electron chi connectivity index (χ2n) is 4.46. The topological polar surface area (TPSA) is 40.0 Å². The van der Waals surface area contributed by atoms with Crippen molar-refractivity contribution in [2.75, 3.05) is 39.5 Å². The summed E-state index contributed by atoms with van der Waals surface area (Å²) in [5.74, 6) is -0.157. The Labute approximate surface area is 117 Å². The third kappa shape index (κ3) is 7.21. The number of halogens is 1. The highest BCUT2D eigenvalue weighted by Crippen LogP contribution is 2.00. The summed E-state index contributed by atoms with van der Waals surface area (Å²) >= 11 is 2.05. The van der Waals surface area contributed by atoms with Gasteiger partial charge in [0.15, 0.2) is 0 Å². The van der Waals surface area contributed by atoms with Crippen LogP contribution in [0.1, 0.15) is 26.2 Å². The summed E-state index contributed by atoms with van der Waals surface area (Å²) < 4.78 is 10.4. The van der Waals surface area contributed by atoms with E-state index in [0.29, 0.717) is 13.2 Å². The van der Waals surface area contributed by atoms with Gasteiger partial charge in [-0.25, -0.2) is 0 Å². The Balaban J connectivity index is 1.88. The van der Waals surface area contributed by atoms with Gasteiger partial charge in [-0.3, -0.25) is 4.79 Å². The molecule has 1 aliphatic heterocycles. The lowest BCUT2D eigenvalue weighted by atomic mass is 10.1. The molecular formula is C12H23INO3+. The van der Waals surface area contributed by atoms with Crippen molar-refractivity contribution in [3.63, 3.8) is 0 Å². The maximum atomic E-state index is 11.1. The van der Waals surface area contributed by atoms with E-state index in [1.165, 1.54) is 32.4 Å². The largest absolute Gasteiger partial charge is 0.462 e. The molecule has 0 aromatic rings. The summed E-state index contributed by atoms with van der Waals surface area (Å²) in [4.78, 5) is 12.8. The minimum absolute atomic E-state index is 0.0783. The normalized spacial score (nSPS) is 18.9. The predicted molar refractivity (Wildman–Crippen MR) is 74.7 cm³/mol. The minimum Gasteiger partial charge on any atom is -0.462 e. The highest BCUT2D eigenvalue weighted by molar-refractivity contribution is 14.1. The Morgan fingerprint density at radius 1 is 1.24 bits per heavy atom. The monoisotopic (exact) mass is 356 g/mol. The van der Waals surface area contributed by atoms with Crippen molar-refractivity contribution in [3.05, 3.63) is 0 Å². The van der Waals surface area contributed by atoms with Crippen molar-refractivity contribution >= 4 is 28.6 Å². The molecule has 1 fully saturated rings. The maximum absolute atomic E-state index is 11.1. The lowest BCUT2D eigenvalue weighted by Gasteiger charge is -2.23. The number of hydrogen-bond acceptors (Lipinski definition) is 3. The predicted octanol–water partition coefficient (Wildman–Crippen LogP) is 0.438. The molecule has 1 N–H and O–H groups in total. The van der Waals surface area contributed by atoms with E-state index >= 15 is 0 Å². The van der Waals surface area contributed by atoms with Gasteiger partial charge in [0.2, 0.25) is 0 Å². The van der Waals surface area contributed by atoms with Gasteiger partial charge < -0.3 is 14.4 Å². The van der Waals surface area contributed by atoms with Crippen LogP contribution in [0.5, 0.6) is 0 Å². The van der Waals surface area contributed by atoms with Crippen LogP contribution in [-0.4, -0.2) is 49.3 Å². The molecule has 1 heterocycles. The minimum atomic E-state index is -0.157. The van der Waals surface area contributed by atoms with Crippen LogP contribution in [-0.2, 0) is 14.3 Å². The molecular weight excluding hydrogens is 333 g/mol. The molecule has 0 aromatic carbocycles. The fourth-order valence-corrected chi connectivity index (χ4v) is 2.12. The second kappa shape index (κ2) is 9.10. The van der Waals surface area contributed by atoms with Crippen molar-refractivity contribution in [2.45, 2.75) is 30.1 Å². The third-order valence-electron chi connectivity index (χ3n) is 2.96. The number of carbonyl (C=O) groups is 1. The maximum Gasteiger partial charge on any atom is 0.318 e. The molecule has 0 bridgehead atoms. The first-order valence-electron chi connectivity index (χ1n) is 6.42. The summed E-state index contributed by atoms with van der Waals surface area (Å²) in [5.41, 5.74) is 0. The molecule has 1 aliphatic rings. The first kappa shape index (κ1) is 15.2. The van der Waals surface area contributed by atoms with Gasteiger partial charge in [-0.2, -0.15) is 0 Å². The number of ether oxygens (including phenoxy) is 2. The quantitative estimate of drug-likeness (QED) is 0.312. The van der Waals surface area contributed by atoms with Crippen LogP contribution in [0.2, 0.25) is 0 Å². The number of alkyl halides is 1. The number of quaternary nitrogens is 1. The Bertz CT molecular complexity index is 218. The van der Waals surface area contributed by atoms with Crippen molar-refractivity contribution in [1.29, 1.82) is 0 Å². The average Bonchev–Trinajstić information content (AvgIpc) is 2.34. The van der Waals surface area contributed by atoms with Crippen LogP contribution in [0.15, 0.2) is 0 Å². The van der Waals surface area contributed by atoms with Gasteiger partial charge in [-0.15, -0.1) is 0 Å². The number of nitrogens with one attached hydrogen (secondary N) is 1. The highest BCUT2D eigenvalue weighted by atomic mass is 127. The van der Waals surface area contributed by atoms with Gasteiger partial charge in [0.05, 0.1) is 26.3 Å². The van der Waals surface area contributed by atoms with Gasteiger partial charge in [0, 0.05) is 0 Å². The van der Waals surface area contributed by atoms with E-state index in [1.807, 2.05) is 29.5 Å². The first-order chi connectivity index (χ1) is 8.20. The van der Waals surface area contributed by atoms with Crippen LogP contribution in [0.25, 0.3) is 0 Å². The Morgan fingerprint density at radius 3 is 2.59 bits per heavy atom. The molecule has 100 valence electrons. The molecule has 1 saturated heterocycles. The molecule has 0 aliphatic carbocycles. The summed E-state index contributed by atoms with van der Waals surface area (Å²) in [7, 11) is 0. The average molecular weight is 356 g/mol. The van der Waals surface area contributed by atoms with E-state index in [4.69, 9.17) is 9.47 Å². The molecule has 0 spiro atoms. The fourth-order valence-electron chi connectivity index (χ4n) is 1.94. The molecule has 1 atom stereocenters. The molecule has 17 heavy (non-hydrogen) atoms. The molecule has 0 radical (unpaired) electrons. The van der Waals surface area contributed by atoms with Gasteiger partial charge in [-0.05, 0) is 26.2 Å². The number of carbonyl (C=O) groups excluding carboxylic acids is 1. The second-order valence-corrected chi connectivity index (χ2v) is 6.32. The van der Waals surface area contributed by atoms with Crippen LogP contribution in [0.4, 0.5) is 0 Å². The Hall–Kier alpha value is 0.120. The summed E-state index contributed by atoms with van der Waals surface area (Å²) in [5, 5.41) is 0. The summed E-state index contributed by atoms with van der Waals surface area (Å²) in [6.07, 6.45) is 4.08. The van der Waals surface area contributed by atoms with E-state index in [2.05, 4.69) is 0 Å². The van der Waals surface area contributed by atoms with E-state index in [9.17, 15) is 4.79 Å². The molecule has 0 amide bonds. The van der Waals surface area contributed by atoms with Crippen molar-refractivity contribution in [2.24, 2.45) is 0 Å². The zero-order valence-corrected chi connectivity index (χ0v) is 12.7. The van der Waals surface area contributed by atoms with Crippen LogP contribution < -0.4 is 4.90 Å². The number of hydrogen-bond donors (Lipinski definition) is 1. The SMILES string of the molecule is CC(I)C(=O)OCCOCC[NH+]1CCCCC1. The Morgan fingerprint density at radius 2 is 1.94 bits per heavy atom. The molecule has 0 aromatic heterocycles. The zero-order valence-electron chi connectivity index (χ0n) is 10.5. The van der Waals surface area contributed by atoms with Crippen molar-refractivity contribution in [3.8, 4) is 0 Å². The lowest BCUT2D eigenvalue weighted by molar-refractivity contribution is -0.905. The summed E-state index contributed by atoms with van der Waals surface area (Å²) in [6.45, 7) is 7.13. The first-order valence-corrected chi connectivity index (χ1v) is 7.66.